The zero-order valence-electron chi connectivity index (χ0n) is 13.9. The summed E-state index contributed by atoms with van der Waals surface area (Å²) in [5, 5.41) is 0. The van der Waals surface area contributed by atoms with E-state index in [4.69, 9.17) is 5.73 Å². The maximum Gasteiger partial charge on any atom is 0.238 e. The van der Waals surface area contributed by atoms with Gasteiger partial charge in [-0.05, 0) is 43.9 Å². The van der Waals surface area contributed by atoms with Crippen LogP contribution in [-0.2, 0) is 9.59 Å². The Labute approximate surface area is 133 Å². The number of rotatable bonds is 5. The monoisotopic (exact) mass is 307 g/mol. The van der Waals surface area contributed by atoms with Crippen LogP contribution in [0, 0.1) is 17.3 Å². The number of primary amides is 1. The summed E-state index contributed by atoms with van der Waals surface area (Å²) in [4.78, 5) is 29.0. The van der Waals surface area contributed by atoms with Crippen LogP contribution in [0.3, 0.4) is 0 Å². The van der Waals surface area contributed by atoms with Gasteiger partial charge in [0, 0.05) is 32.2 Å². The number of carbonyl (C=O) groups is 2. The molecule has 2 N–H and O–H groups in total. The molecule has 1 atom stereocenters. The van der Waals surface area contributed by atoms with E-state index >= 15 is 0 Å². The first kappa shape index (κ1) is 15.8. The molecule has 22 heavy (non-hydrogen) atoms. The fraction of sp³-hybridized carbons (Fsp3) is 0.882. The van der Waals surface area contributed by atoms with Gasteiger partial charge in [-0.25, -0.2) is 0 Å². The van der Waals surface area contributed by atoms with E-state index in [2.05, 4.69) is 18.7 Å². The van der Waals surface area contributed by atoms with Crippen molar-refractivity contribution in [3.05, 3.63) is 0 Å². The van der Waals surface area contributed by atoms with Gasteiger partial charge in [-0.3, -0.25) is 14.5 Å². The van der Waals surface area contributed by atoms with Crippen molar-refractivity contribution in [2.24, 2.45) is 23.0 Å². The van der Waals surface area contributed by atoms with Crippen molar-refractivity contribution in [3.8, 4) is 0 Å². The molecule has 0 aromatic rings. The van der Waals surface area contributed by atoms with Gasteiger partial charge in [-0.1, -0.05) is 13.8 Å². The van der Waals surface area contributed by atoms with Crippen LogP contribution >= 0.6 is 0 Å². The zero-order chi connectivity index (χ0) is 15.9. The SMILES string of the molecule is CC(C)C1CN(C(=O)C2(C(N)=O)CC2)CCCN1CC1CC1. The second kappa shape index (κ2) is 5.84. The quantitative estimate of drug-likeness (QED) is 0.777. The first-order chi connectivity index (χ1) is 10.4. The van der Waals surface area contributed by atoms with Crippen LogP contribution in [-0.4, -0.2) is 53.8 Å². The van der Waals surface area contributed by atoms with Crippen LogP contribution in [0.4, 0.5) is 0 Å². The minimum atomic E-state index is -0.868. The molecule has 2 aliphatic carbocycles. The molecule has 0 radical (unpaired) electrons. The summed E-state index contributed by atoms with van der Waals surface area (Å²) >= 11 is 0. The van der Waals surface area contributed by atoms with Crippen LogP contribution < -0.4 is 5.73 Å². The lowest BCUT2D eigenvalue weighted by molar-refractivity contribution is -0.143. The molecule has 1 aliphatic heterocycles. The summed E-state index contributed by atoms with van der Waals surface area (Å²) in [6.45, 7) is 8.22. The van der Waals surface area contributed by atoms with Crippen LogP contribution in [0.1, 0.15) is 46.0 Å². The average molecular weight is 307 g/mol. The molecule has 1 heterocycles. The van der Waals surface area contributed by atoms with Crippen LogP contribution in [0.15, 0.2) is 0 Å². The lowest BCUT2D eigenvalue weighted by Gasteiger charge is -2.35. The van der Waals surface area contributed by atoms with Crippen molar-refractivity contribution in [1.82, 2.24) is 9.80 Å². The average Bonchev–Trinajstić information content (AvgIpc) is 3.34. The fourth-order valence-electron chi connectivity index (χ4n) is 3.73. The van der Waals surface area contributed by atoms with Crippen molar-refractivity contribution in [2.45, 2.75) is 52.0 Å². The summed E-state index contributed by atoms with van der Waals surface area (Å²) < 4.78 is 0. The fourth-order valence-corrected chi connectivity index (χ4v) is 3.73. The number of amides is 2. The molecule has 124 valence electrons. The van der Waals surface area contributed by atoms with Crippen molar-refractivity contribution < 1.29 is 9.59 Å². The molecule has 2 amide bonds. The molecule has 5 nitrogen and oxygen atoms in total. The molecule has 0 aromatic heterocycles. The molecular formula is C17H29N3O2. The van der Waals surface area contributed by atoms with Crippen molar-refractivity contribution in [2.75, 3.05) is 26.2 Å². The van der Waals surface area contributed by atoms with Crippen molar-refractivity contribution in [3.63, 3.8) is 0 Å². The van der Waals surface area contributed by atoms with E-state index in [1.165, 1.54) is 19.4 Å². The summed E-state index contributed by atoms with van der Waals surface area (Å²) in [5.41, 5.74) is 4.61. The van der Waals surface area contributed by atoms with E-state index in [-0.39, 0.29) is 5.91 Å². The van der Waals surface area contributed by atoms with Crippen LogP contribution in [0.2, 0.25) is 0 Å². The summed E-state index contributed by atoms with van der Waals surface area (Å²) in [5.74, 6) is 0.927. The van der Waals surface area contributed by atoms with E-state index in [0.717, 1.165) is 32.0 Å². The third-order valence-electron chi connectivity index (χ3n) is 5.63. The first-order valence-electron chi connectivity index (χ1n) is 8.77. The molecule has 1 saturated heterocycles. The normalized spacial score (nSPS) is 28.5. The van der Waals surface area contributed by atoms with Gasteiger partial charge in [0.1, 0.15) is 5.41 Å². The van der Waals surface area contributed by atoms with Crippen LogP contribution in [0.25, 0.3) is 0 Å². The van der Waals surface area contributed by atoms with Gasteiger partial charge < -0.3 is 10.6 Å². The Balaban J connectivity index is 1.71. The minimum Gasteiger partial charge on any atom is -0.369 e. The topological polar surface area (TPSA) is 66.6 Å². The van der Waals surface area contributed by atoms with Gasteiger partial charge in [0.25, 0.3) is 0 Å². The molecule has 1 unspecified atom stereocenters. The second-order valence-corrected chi connectivity index (χ2v) is 7.80. The van der Waals surface area contributed by atoms with Gasteiger partial charge >= 0.3 is 0 Å². The summed E-state index contributed by atoms with van der Waals surface area (Å²) in [7, 11) is 0. The smallest absolute Gasteiger partial charge is 0.238 e. The lowest BCUT2D eigenvalue weighted by Crippen LogP contribution is -2.49. The standard InChI is InChI=1S/C17H29N3O2/c1-12(2)14-11-20(16(22)17(6-7-17)15(18)21)9-3-8-19(14)10-13-4-5-13/h12-14H,3-11H2,1-2H3,(H2,18,21). The molecule has 3 fully saturated rings. The first-order valence-corrected chi connectivity index (χ1v) is 8.77. The van der Waals surface area contributed by atoms with E-state index < -0.39 is 11.3 Å². The Morgan fingerprint density at radius 3 is 2.41 bits per heavy atom. The van der Waals surface area contributed by atoms with Gasteiger partial charge in [-0.15, -0.1) is 0 Å². The molecule has 0 spiro atoms. The molecule has 2 saturated carbocycles. The Morgan fingerprint density at radius 1 is 1.23 bits per heavy atom. The summed E-state index contributed by atoms with van der Waals surface area (Å²) in [6.07, 6.45) is 4.98. The highest BCUT2D eigenvalue weighted by Gasteiger charge is 2.57. The molecular weight excluding hydrogens is 278 g/mol. The largest absolute Gasteiger partial charge is 0.369 e. The maximum absolute atomic E-state index is 12.8. The zero-order valence-corrected chi connectivity index (χ0v) is 13.9. The van der Waals surface area contributed by atoms with Gasteiger partial charge in [0.2, 0.25) is 11.8 Å². The van der Waals surface area contributed by atoms with Gasteiger partial charge in [0.05, 0.1) is 0 Å². The molecule has 0 bridgehead atoms. The number of nitrogens with two attached hydrogens (primary N) is 1. The van der Waals surface area contributed by atoms with Gasteiger partial charge in [-0.2, -0.15) is 0 Å². The Morgan fingerprint density at radius 2 is 1.91 bits per heavy atom. The summed E-state index contributed by atoms with van der Waals surface area (Å²) in [6, 6.07) is 0.399. The molecule has 3 aliphatic rings. The van der Waals surface area contributed by atoms with Gasteiger partial charge in [0.15, 0.2) is 0 Å². The second-order valence-electron chi connectivity index (χ2n) is 7.80. The number of nitrogens with zero attached hydrogens (tertiary/aromatic N) is 2. The Kier molecular flexibility index (Phi) is 4.19. The van der Waals surface area contributed by atoms with E-state index in [1.807, 2.05) is 4.90 Å². The van der Waals surface area contributed by atoms with Crippen LogP contribution in [0.5, 0.6) is 0 Å². The maximum atomic E-state index is 12.8. The van der Waals surface area contributed by atoms with Crippen molar-refractivity contribution in [1.29, 1.82) is 0 Å². The molecule has 5 heteroatoms. The predicted octanol–water partition coefficient (Wildman–Crippen LogP) is 1.22. The highest BCUT2D eigenvalue weighted by atomic mass is 16.2. The highest BCUT2D eigenvalue weighted by Crippen LogP contribution is 2.47. The molecule has 0 aromatic carbocycles. The number of carbonyl (C=O) groups excluding carboxylic acids is 2. The third kappa shape index (κ3) is 3.00. The van der Waals surface area contributed by atoms with E-state index in [9.17, 15) is 9.59 Å². The lowest BCUT2D eigenvalue weighted by atomic mass is 10.00. The Bertz CT molecular complexity index is 455. The number of hydrogen-bond donors (Lipinski definition) is 1. The van der Waals surface area contributed by atoms with Crippen molar-refractivity contribution >= 4 is 11.8 Å². The highest BCUT2D eigenvalue weighted by molar-refractivity contribution is 6.07. The minimum absolute atomic E-state index is 0.0149. The van der Waals surface area contributed by atoms with E-state index in [0.29, 0.717) is 24.8 Å². The Hall–Kier alpha value is -1.10. The predicted molar refractivity (Wildman–Crippen MR) is 85.0 cm³/mol. The van der Waals surface area contributed by atoms with E-state index in [1.54, 1.807) is 0 Å². The molecule has 3 rings (SSSR count). The number of hydrogen-bond acceptors (Lipinski definition) is 3. The third-order valence-corrected chi connectivity index (χ3v) is 5.63.